The van der Waals surface area contributed by atoms with Gasteiger partial charge in [-0.25, -0.2) is 9.78 Å². The predicted octanol–water partition coefficient (Wildman–Crippen LogP) is 3.27. The summed E-state index contributed by atoms with van der Waals surface area (Å²) in [5.74, 6) is -0.703. The molecule has 0 atom stereocenters. The highest BCUT2D eigenvalue weighted by Crippen LogP contribution is 2.24. The Hall–Kier alpha value is -1.85. The molecule has 0 saturated heterocycles. The maximum Gasteiger partial charge on any atom is 0.337 e. The molecule has 0 aliphatic carbocycles. The third kappa shape index (κ3) is 2.88. The monoisotopic (exact) mass is 284 g/mol. The molecular formula is C11H6Cl2N2O3. The molecule has 92 valence electrons. The molecule has 0 radical (unpaired) electrons. The van der Waals surface area contributed by atoms with E-state index in [1.807, 2.05) is 0 Å². The van der Waals surface area contributed by atoms with Gasteiger partial charge < -0.3 is 9.84 Å². The summed E-state index contributed by atoms with van der Waals surface area (Å²) < 4.78 is 5.32. The summed E-state index contributed by atoms with van der Waals surface area (Å²) >= 11 is 11.4. The Bertz CT molecular complexity index is 605. The lowest BCUT2D eigenvalue weighted by molar-refractivity contribution is 0.0696. The van der Waals surface area contributed by atoms with Crippen LogP contribution in [0.1, 0.15) is 10.4 Å². The van der Waals surface area contributed by atoms with Crippen LogP contribution in [0.25, 0.3) is 0 Å². The molecule has 7 heteroatoms. The topological polar surface area (TPSA) is 72.3 Å². The minimum atomic E-state index is -1.16. The molecule has 0 aromatic carbocycles. The van der Waals surface area contributed by atoms with Crippen molar-refractivity contribution in [3.05, 3.63) is 46.3 Å². The van der Waals surface area contributed by atoms with Crippen LogP contribution < -0.4 is 4.74 Å². The fourth-order valence-corrected chi connectivity index (χ4v) is 1.56. The lowest BCUT2D eigenvalue weighted by atomic mass is 10.3. The molecule has 0 spiro atoms. The second kappa shape index (κ2) is 5.20. The van der Waals surface area contributed by atoms with Crippen molar-refractivity contribution >= 4 is 29.2 Å². The Labute approximate surface area is 112 Å². The van der Waals surface area contributed by atoms with E-state index in [1.54, 1.807) is 0 Å². The van der Waals surface area contributed by atoms with Crippen molar-refractivity contribution in [2.24, 2.45) is 0 Å². The van der Waals surface area contributed by atoms with Crippen molar-refractivity contribution in [2.75, 3.05) is 0 Å². The van der Waals surface area contributed by atoms with E-state index in [2.05, 4.69) is 9.97 Å². The smallest absolute Gasteiger partial charge is 0.337 e. The quantitative estimate of drug-likeness (QED) is 0.936. The van der Waals surface area contributed by atoms with Gasteiger partial charge in [0.05, 0.1) is 28.0 Å². The standard InChI is InChI=1S/C11H6Cl2N2O3/c12-6-1-7(4-14-3-6)18-10-2-8(11(16)17)9(13)5-15-10/h1-5H,(H,16,17). The minimum Gasteiger partial charge on any atom is -0.478 e. The number of rotatable bonds is 3. The van der Waals surface area contributed by atoms with Crippen molar-refractivity contribution in [2.45, 2.75) is 0 Å². The summed E-state index contributed by atoms with van der Waals surface area (Å²) in [6.07, 6.45) is 4.09. The molecule has 0 aliphatic rings. The molecule has 18 heavy (non-hydrogen) atoms. The molecule has 0 bridgehead atoms. The maximum atomic E-state index is 10.9. The van der Waals surface area contributed by atoms with E-state index in [0.29, 0.717) is 10.8 Å². The summed E-state index contributed by atoms with van der Waals surface area (Å²) in [5, 5.41) is 9.34. The van der Waals surface area contributed by atoms with E-state index in [9.17, 15) is 4.79 Å². The number of halogens is 2. The zero-order valence-electron chi connectivity index (χ0n) is 8.80. The van der Waals surface area contributed by atoms with Crippen molar-refractivity contribution in [1.29, 1.82) is 0 Å². The molecule has 2 heterocycles. The molecule has 0 amide bonds. The summed E-state index contributed by atoms with van der Waals surface area (Å²) in [7, 11) is 0. The van der Waals surface area contributed by atoms with Crippen LogP contribution in [0.5, 0.6) is 11.6 Å². The van der Waals surface area contributed by atoms with Crippen LogP contribution in [-0.2, 0) is 0 Å². The van der Waals surface area contributed by atoms with E-state index in [-0.39, 0.29) is 16.5 Å². The number of nitrogens with zero attached hydrogens (tertiary/aromatic N) is 2. The van der Waals surface area contributed by atoms with Crippen LogP contribution in [0.4, 0.5) is 0 Å². The summed E-state index contributed by atoms with van der Waals surface area (Å²) in [4.78, 5) is 18.6. The van der Waals surface area contributed by atoms with Gasteiger partial charge in [-0.1, -0.05) is 23.2 Å². The van der Waals surface area contributed by atoms with Crippen LogP contribution >= 0.6 is 23.2 Å². The lowest BCUT2D eigenvalue weighted by Gasteiger charge is -2.05. The van der Waals surface area contributed by atoms with Crippen molar-refractivity contribution in [3.63, 3.8) is 0 Å². The van der Waals surface area contributed by atoms with Gasteiger partial charge in [-0.3, -0.25) is 4.98 Å². The Kier molecular flexibility index (Phi) is 3.64. The first-order chi connectivity index (χ1) is 8.56. The summed E-state index contributed by atoms with van der Waals surface area (Å²) in [6.45, 7) is 0. The van der Waals surface area contributed by atoms with E-state index >= 15 is 0 Å². The Morgan fingerprint density at radius 3 is 2.67 bits per heavy atom. The van der Waals surface area contributed by atoms with Gasteiger partial charge in [0.15, 0.2) is 0 Å². The first-order valence-corrected chi connectivity index (χ1v) is 5.49. The number of pyridine rings is 2. The van der Waals surface area contributed by atoms with Gasteiger partial charge >= 0.3 is 5.97 Å². The average molecular weight is 285 g/mol. The van der Waals surface area contributed by atoms with Crippen LogP contribution in [0.2, 0.25) is 10.0 Å². The van der Waals surface area contributed by atoms with Gasteiger partial charge in [0.1, 0.15) is 5.75 Å². The van der Waals surface area contributed by atoms with Gasteiger partial charge in [-0.2, -0.15) is 0 Å². The number of hydrogen-bond acceptors (Lipinski definition) is 4. The zero-order valence-corrected chi connectivity index (χ0v) is 10.3. The van der Waals surface area contributed by atoms with Gasteiger partial charge in [0.25, 0.3) is 0 Å². The number of aromatic nitrogens is 2. The van der Waals surface area contributed by atoms with Crippen molar-refractivity contribution in [1.82, 2.24) is 9.97 Å². The number of hydrogen-bond donors (Lipinski definition) is 1. The molecule has 5 nitrogen and oxygen atoms in total. The van der Waals surface area contributed by atoms with E-state index < -0.39 is 5.97 Å². The van der Waals surface area contributed by atoms with Crippen molar-refractivity contribution in [3.8, 4) is 11.6 Å². The molecular weight excluding hydrogens is 279 g/mol. The zero-order chi connectivity index (χ0) is 13.1. The maximum absolute atomic E-state index is 10.9. The molecule has 1 N–H and O–H groups in total. The third-order valence-corrected chi connectivity index (χ3v) is 2.47. The molecule has 2 aromatic heterocycles. The van der Waals surface area contributed by atoms with Crippen LogP contribution in [0.3, 0.4) is 0 Å². The number of carboxylic acid groups (broad SMARTS) is 1. The average Bonchev–Trinajstić information content (AvgIpc) is 2.31. The first-order valence-electron chi connectivity index (χ1n) is 4.73. The van der Waals surface area contributed by atoms with E-state index in [0.717, 1.165) is 0 Å². The first kappa shape index (κ1) is 12.6. The van der Waals surface area contributed by atoms with Crippen LogP contribution in [0, 0.1) is 0 Å². The SMILES string of the molecule is O=C(O)c1cc(Oc2cncc(Cl)c2)ncc1Cl. The third-order valence-electron chi connectivity index (χ3n) is 1.96. The normalized spacial score (nSPS) is 10.1. The molecule has 0 aliphatic heterocycles. The highest BCUT2D eigenvalue weighted by Gasteiger charge is 2.11. The second-order valence-corrected chi connectivity index (χ2v) is 4.09. The fraction of sp³-hybridized carbons (Fsp3) is 0. The van der Waals surface area contributed by atoms with Crippen molar-refractivity contribution < 1.29 is 14.6 Å². The second-order valence-electron chi connectivity index (χ2n) is 3.25. The molecule has 0 fully saturated rings. The largest absolute Gasteiger partial charge is 0.478 e. The highest BCUT2D eigenvalue weighted by atomic mass is 35.5. The minimum absolute atomic E-state index is 0.0408. The molecule has 2 aromatic rings. The van der Waals surface area contributed by atoms with E-state index in [1.165, 1.54) is 30.7 Å². The predicted molar refractivity (Wildman–Crippen MR) is 65.5 cm³/mol. The lowest BCUT2D eigenvalue weighted by Crippen LogP contribution is -1.99. The van der Waals surface area contributed by atoms with Gasteiger partial charge in [0.2, 0.25) is 5.88 Å². The van der Waals surface area contributed by atoms with Gasteiger partial charge in [-0.15, -0.1) is 0 Å². The Morgan fingerprint density at radius 2 is 2.00 bits per heavy atom. The molecule has 2 rings (SSSR count). The van der Waals surface area contributed by atoms with Gasteiger partial charge in [-0.05, 0) is 0 Å². The number of carbonyl (C=O) groups is 1. The molecule has 0 unspecified atom stereocenters. The molecule has 0 saturated carbocycles. The van der Waals surface area contributed by atoms with Crippen LogP contribution in [0.15, 0.2) is 30.7 Å². The summed E-state index contributed by atoms with van der Waals surface area (Å²) in [5.41, 5.74) is -0.0864. The number of aromatic carboxylic acids is 1. The highest BCUT2D eigenvalue weighted by molar-refractivity contribution is 6.33. The number of carboxylic acids is 1. The Balaban J connectivity index is 2.30. The van der Waals surface area contributed by atoms with Crippen LogP contribution in [-0.4, -0.2) is 21.0 Å². The summed E-state index contributed by atoms with van der Waals surface area (Å²) in [6, 6.07) is 2.76. The van der Waals surface area contributed by atoms with Gasteiger partial charge in [0, 0.05) is 18.3 Å². The fourth-order valence-electron chi connectivity index (χ4n) is 1.21. The number of ether oxygens (including phenoxy) is 1. The Morgan fingerprint density at radius 1 is 1.22 bits per heavy atom. The van der Waals surface area contributed by atoms with E-state index in [4.69, 9.17) is 33.0 Å².